The van der Waals surface area contributed by atoms with Gasteiger partial charge in [0.25, 0.3) is 0 Å². The van der Waals surface area contributed by atoms with Gasteiger partial charge in [0.05, 0.1) is 0 Å². The Labute approximate surface area is 223 Å². The van der Waals surface area contributed by atoms with Crippen LogP contribution in [0.4, 0.5) is 0 Å². The number of hydrogen-bond donors (Lipinski definition) is 15. The van der Waals surface area contributed by atoms with Crippen molar-refractivity contribution in [1.82, 2.24) is 63.8 Å². The SMILES string of the molecule is [2H]NC1NC(Cl)NC(SC2NC(SC3NC(Cl)NC(N[2H])N3)NC(SC3NC(Cl)NC(N[2H])N3)N2)N1. The van der Waals surface area contributed by atoms with Crippen molar-refractivity contribution in [2.45, 2.75) is 68.7 Å². The molecule has 9 unspecified atom stereocenters. The molecule has 192 valence electrons. The Morgan fingerprint density at radius 3 is 0.970 bits per heavy atom. The highest BCUT2D eigenvalue weighted by molar-refractivity contribution is 8.02. The number of hydrogen-bond acceptors (Lipinski definition) is 18. The van der Waals surface area contributed by atoms with E-state index in [0.29, 0.717) is 0 Å². The molecule has 4 rings (SSSR count). The van der Waals surface area contributed by atoms with Crippen molar-refractivity contribution in [2.24, 2.45) is 17.2 Å². The van der Waals surface area contributed by atoms with E-state index in [1.807, 2.05) is 0 Å². The molecule has 0 radical (unpaired) electrons. The van der Waals surface area contributed by atoms with Crippen molar-refractivity contribution >= 4 is 70.1 Å². The fourth-order valence-corrected chi connectivity index (χ4v) is 7.79. The van der Waals surface area contributed by atoms with Gasteiger partial charge < -0.3 is 17.2 Å². The number of thioether (sulfide) groups is 3. The first-order chi connectivity index (χ1) is 17.3. The molecule has 4 heterocycles. The Balaban J connectivity index is 1.40. The molecule has 0 aliphatic carbocycles. The zero-order valence-corrected chi connectivity index (χ0v) is 21.5. The largest absolute Gasteiger partial charge is 0.303 e. The summed E-state index contributed by atoms with van der Waals surface area (Å²) in [6.07, 6.45) is -1.46. The molecule has 4 aliphatic heterocycles. The molecule has 21 heteroatoms. The Morgan fingerprint density at radius 1 is 0.424 bits per heavy atom. The molecule has 0 aromatic heterocycles. The molecular weight excluding hydrogens is 557 g/mol. The van der Waals surface area contributed by atoms with Crippen LogP contribution >= 0.6 is 70.1 Å². The van der Waals surface area contributed by atoms with E-state index in [9.17, 15) is 0 Å². The van der Waals surface area contributed by atoms with Gasteiger partial charge in [-0.2, -0.15) is 0 Å². The number of halogens is 3. The van der Waals surface area contributed by atoms with Gasteiger partial charge in [-0.1, -0.05) is 70.1 Å². The van der Waals surface area contributed by atoms with E-state index in [2.05, 4.69) is 81.0 Å². The van der Waals surface area contributed by atoms with Crippen LogP contribution in [0.5, 0.6) is 0 Å². The molecule has 0 aromatic rings. The maximum atomic E-state index is 7.43. The van der Waals surface area contributed by atoms with Crippen molar-refractivity contribution in [1.29, 1.82) is 0 Å². The highest BCUT2D eigenvalue weighted by Gasteiger charge is 2.36. The molecule has 15 nitrogen and oxygen atoms in total. The van der Waals surface area contributed by atoms with Crippen molar-refractivity contribution in [2.75, 3.05) is 0 Å². The van der Waals surface area contributed by atoms with Crippen molar-refractivity contribution in [3.63, 3.8) is 0 Å². The van der Waals surface area contributed by atoms with Gasteiger partial charge in [-0.15, -0.1) is 0 Å². The van der Waals surface area contributed by atoms with E-state index in [4.69, 9.17) is 39.0 Å². The third kappa shape index (κ3) is 8.69. The molecule has 0 amide bonds. The van der Waals surface area contributed by atoms with Gasteiger partial charge in [-0.05, 0) is 0 Å². The molecule has 0 aromatic carbocycles. The quantitative estimate of drug-likeness (QED) is 0.0896. The first-order valence-corrected chi connectivity index (χ1v) is 14.0. The first kappa shape index (κ1) is 23.4. The summed E-state index contributed by atoms with van der Waals surface area (Å²) in [4.78, 5) is 0. The van der Waals surface area contributed by atoms with Crippen molar-refractivity contribution < 1.29 is 4.24 Å². The number of rotatable bonds is 9. The fraction of sp³-hybridized carbons (Fsp3) is 1.00. The van der Waals surface area contributed by atoms with Crippen LogP contribution in [0.1, 0.15) is 0 Å². The number of alkyl halides is 3. The molecule has 0 saturated carbocycles. The molecular formula is C12H30Cl3N15S3. The second-order valence-corrected chi connectivity index (χ2v) is 12.0. The molecule has 18 N–H and O–H groups in total. The minimum Gasteiger partial charge on any atom is -0.303 e. The smallest absolute Gasteiger partial charge is 0.139 e. The van der Waals surface area contributed by atoms with E-state index < -0.39 is 35.7 Å². The number of nitrogens with one attached hydrogen (secondary N) is 12. The molecule has 4 fully saturated rings. The minimum atomic E-state index is -0.528. The van der Waals surface area contributed by atoms with Crippen LogP contribution in [-0.4, -0.2) is 68.7 Å². The Bertz CT molecular complexity index is 600. The van der Waals surface area contributed by atoms with E-state index in [0.717, 1.165) is 0 Å². The van der Waals surface area contributed by atoms with Crippen LogP contribution in [0.15, 0.2) is 0 Å². The van der Waals surface area contributed by atoms with Gasteiger partial charge in [0.1, 0.15) is 73.0 Å². The van der Waals surface area contributed by atoms with Crippen LogP contribution in [0, 0.1) is 0 Å². The van der Waals surface area contributed by atoms with Gasteiger partial charge >= 0.3 is 0 Å². The molecule has 0 spiro atoms. The summed E-state index contributed by atoms with van der Waals surface area (Å²) >= 11 is 23.2. The van der Waals surface area contributed by atoms with E-state index in [-0.39, 0.29) is 33.0 Å². The Morgan fingerprint density at radius 2 is 0.697 bits per heavy atom. The zero-order valence-electron chi connectivity index (χ0n) is 19.8. The highest BCUT2D eigenvalue weighted by Crippen LogP contribution is 2.25. The maximum Gasteiger partial charge on any atom is 0.139 e. The summed E-state index contributed by atoms with van der Waals surface area (Å²) in [6.45, 7) is 0. The van der Waals surface area contributed by atoms with Gasteiger partial charge in [0, 0.05) is 0 Å². The van der Waals surface area contributed by atoms with Gasteiger partial charge in [-0.3, -0.25) is 63.8 Å². The van der Waals surface area contributed by atoms with Crippen molar-refractivity contribution in [3.8, 4) is 0 Å². The lowest BCUT2D eigenvalue weighted by molar-refractivity contribution is 0.289. The molecule has 4 aliphatic rings. The summed E-state index contributed by atoms with van der Waals surface area (Å²) in [7, 11) is 0. The van der Waals surface area contributed by atoms with Gasteiger partial charge in [0.2, 0.25) is 0 Å². The van der Waals surface area contributed by atoms with Crippen LogP contribution in [0.3, 0.4) is 0 Å². The number of nitrogens with two attached hydrogens (primary N) is 3. The van der Waals surface area contributed by atoms with E-state index in [1.165, 1.54) is 35.3 Å². The normalized spacial score (nSPS) is 50.8. The summed E-state index contributed by atoms with van der Waals surface area (Å²) in [5.74, 6) is 0. The predicted octanol–water partition coefficient (Wildman–Crippen LogP) is -4.69. The second kappa shape index (κ2) is 12.7. The molecule has 9 atom stereocenters. The van der Waals surface area contributed by atoms with Gasteiger partial charge in [-0.25, -0.2) is 0 Å². The fourth-order valence-electron chi connectivity index (χ4n) is 3.16. The summed E-state index contributed by atoms with van der Waals surface area (Å²) in [5.41, 5.74) is 3.92. The van der Waals surface area contributed by atoms with Crippen LogP contribution in [0.25, 0.3) is 0 Å². The van der Waals surface area contributed by atoms with E-state index in [1.54, 1.807) is 0 Å². The average molecular weight is 590 g/mol. The maximum absolute atomic E-state index is 7.43. The Kier molecular flexibility index (Phi) is 9.03. The lowest BCUT2D eigenvalue weighted by atomic mass is 10.7. The topological polar surface area (TPSA) is 222 Å². The molecule has 4 saturated heterocycles. The lowest BCUT2D eigenvalue weighted by Crippen LogP contribution is -2.72. The molecule has 33 heavy (non-hydrogen) atoms. The third-order valence-electron chi connectivity index (χ3n) is 4.51. The summed E-state index contributed by atoms with van der Waals surface area (Å²) < 4.78 is 22.3. The lowest BCUT2D eigenvalue weighted by Gasteiger charge is -2.44. The molecule has 0 bridgehead atoms. The monoisotopic (exact) mass is 588 g/mol. The zero-order chi connectivity index (χ0) is 25.7. The van der Waals surface area contributed by atoms with Crippen molar-refractivity contribution in [3.05, 3.63) is 0 Å². The van der Waals surface area contributed by atoms with Gasteiger partial charge in [0.15, 0.2) is 0 Å². The first-order valence-electron chi connectivity index (χ1n) is 11.4. The Hall–Kier alpha value is 1.32. The highest BCUT2D eigenvalue weighted by atomic mass is 35.5. The van der Waals surface area contributed by atoms with Crippen LogP contribution in [0.2, 0.25) is 4.24 Å². The predicted molar refractivity (Wildman–Crippen MR) is 136 cm³/mol. The van der Waals surface area contributed by atoms with Crippen LogP contribution < -0.4 is 81.0 Å². The standard InChI is InChI=1S/C12H30Cl3N15S3/c13-1-19-4(16)25-7(22-1)31-10-28-11(32-8-23-2(14)20-5(17)26-8)30-12(29-10)33-9-24-3(15)21-6(18)27-9/h1-12,19-30H,16-18H2/i/hD3. The average Bonchev–Trinajstić information content (AvgIpc) is 2.82. The summed E-state index contributed by atoms with van der Waals surface area (Å²) in [5, 5.41) is 38.4. The second-order valence-electron chi connectivity index (χ2n) is 7.08. The third-order valence-corrected chi connectivity index (χ3v) is 8.53. The van der Waals surface area contributed by atoms with Crippen LogP contribution in [-0.2, 0) is 0 Å². The summed E-state index contributed by atoms with van der Waals surface area (Å²) in [6, 6.07) is 0. The van der Waals surface area contributed by atoms with E-state index >= 15 is 0 Å². The minimum absolute atomic E-state index is 0.253.